The summed E-state index contributed by atoms with van der Waals surface area (Å²) < 4.78 is 5.82. The fraction of sp³-hybridized carbons (Fsp3) is 0.800. The number of nitrogens with zero attached hydrogens (tertiary/aromatic N) is 1. The lowest BCUT2D eigenvalue weighted by Gasteiger charge is -2.33. The van der Waals surface area contributed by atoms with E-state index in [1.54, 1.807) is 0 Å². The number of hydrogen-bond donors (Lipinski definition) is 0. The molecule has 0 amide bonds. The van der Waals surface area contributed by atoms with Gasteiger partial charge in [-0.1, -0.05) is 39.3 Å². The lowest BCUT2D eigenvalue weighted by molar-refractivity contribution is -0.138. The van der Waals surface area contributed by atoms with E-state index in [-0.39, 0.29) is 11.5 Å². The topological polar surface area (TPSA) is 29.5 Å². The van der Waals surface area contributed by atoms with Crippen LogP contribution in [0.1, 0.15) is 19.3 Å². The van der Waals surface area contributed by atoms with Crippen molar-refractivity contribution in [3.05, 3.63) is 11.1 Å². The fourth-order valence-corrected chi connectivity index (χ4v) is 9.51. The predicted molar refractivity (Wildman–Crippen MR) is 89.0 cm³/mol. The molecule has 0 radical (unpaired) electrons. The summed E-state index contributed by atoms with van der Waals surface area (Å²) in [4.78, 5) is 14.8. The maximum absolute atomic E-state index is 12.5. The molecule has 20 heavy (non-hydrogen) atoms. The molecule has 1 atom stereocenters. The van der Waals surface area contributed by atoms with Crippen molar-refractivity contribution >= 4 is 22.1 Å². The number of rotatable bonds is 3. The number of piperidine rings is 1. The van der Waals surface area contributed by atoms with E-state index >= 15 is 0 Å². The second-order valence-electron chi connectivity index (χ2n) is 8.24. The SMILES string of the molecule is C[Si](C)(C)C1=C(N2CCCCC2)OC(=O)C1[Si](C)(C)C. The van der Waals surface area contributed by atoms with Crippen LogP contribution in [0.2, 0.25) is 44.8 Å². The van der Waals surface area contributed by atoms with Crippen LogP contribution >= 0.6 is 0 Å². The summed E-state index contributed by atoms with van der Waals surface area (Å²) in [6.45, 7) is 16.0. The Morgan fingerprint density at radius 3 is 2.00 bits per heavy atom. The first-order chi connectivity index (χ1) is 9.12. The number of likely N-dealkylation sites (tertiary alicyclic amines) is 1. The maximum Gasteiger partial charge on any atom is 0.316 e. The lowest BCUT2D eigenvalue weighted by atomic mass is 10.1. The van der Waals surface area contributed by atoms with Crippen molar-refractivity contribution in [1.29, 1.82) is 0 Å². The van der Waals surface area contributed by atoms with Crippen molar-refractivity contribution in [3.63, 3.8) is 0 Å². The molecule has 0 bridgehead atoms. The number of hydrogen-bond acceptors (Lipinski definition) is 3. The Bertz CT molecular complexity index is 426. The van der Waals surface area contributed by atoms with E-state index in [0.29, 0.717) is 0 Å². The highest BCUT2D eigenvalue weighted by atomic mass is 28.3. The van der Waals surface area contributed by atoms with Gasteiger partial charge in [0.1, 0.15) is 0 Å². The van der Waals surface area contributed by atoms with E-state index in [2.05, 4.69) is 44.2 Å². The molecule has 114 valence electrons. The normalized spacial score (nSPS) is 25.2. The lowest BCUT2D eigenvalue weighted by Crippen LogP contribution is -2.40. The molecule has 0 N–H and O–H groups in total. The Hall–Kier alpha value is -0.556. The van der Waals surface area contributed by atoms with Crippen molar-refractivity contribution in [3.8, 4) is 0 Å². The Balaban J connectivity index is 2.45. The summed E-state index contributed by atoms with van der Waals surface area (Å²) in [6.07, 6.45) is 3.74. The van der Waals surface area contributed by atoms with Gasteiger partial charge in [-0.3, -0.25) is 4.79 Å². The molecule has 3 nitrogen and oxygen atoms in total. The van der Waals surface area contributed by atoms with Crippen LogP contribution in [0.3, 0.4) is 0 Å². The first kappa shape index (κ1) is 15.8. The van der Waals surface area contributed by atoms with E-state index in [1.165, 1.54) is 24.5 Å². The monoisotopic (exact) mass is 311 g/mol. The minimum Gasteiger partial charge on any atom is -0.410 e. The van der Waals surface area contributed by atoms with Crippen LogP contribution in [-0.4, -0.2) is 40.1 Å². The quantitative estimate of drug-likeness (QED) is 0.586. The molecule has 0 aromatic rings. The molecule has 2 rings (SSSR count). The molecule has 0 saturated carbocycles. The zero-order valence-corrected chi connectivity index (χ0v) is 15.9. The van der Waals surface area contributed by atoms with E-state index < -0.39 is 16.1 Å². The zero-order valence-electron chi connectivity index (χ0n) is 13.9. The molecule has 5 heteroatoms. The minimum absolute atomic E-state index is 0.0298. The second kappa shape index (κ2) is 5.33. The number of carbonyl (C=O) groups excluding carboxylic acids is 1. The van der Waals surface area contributed by atoms with Gasteiger partial charge in [0, 0.05) is 13.1 Å². The average Bonchev–Trinajstić information content (AvgIpc) is 2.67. The number of carbonyl (C=O) groups is 1. The molecule has 0 spiro atoms. The standard InChI is InChI=1S/C15H29NO2Si2/c1-19(2,3)12-13(20(4,5)6)15(17)18-14(12)16-10-8-7-9-11-16/h13H,7-11H2,1-6H3. The van der Waals surface area contributed by atoms with Crippen LogP contribution in [0.4, 0.5) is 0 Å². The van der Waals surface area contributed by atoms with E-state index in [0.717, 1.165) is 19.0 Å². The molecule has 1 fully saturated rings. The van der Waals surface area contributed by atoms with Gasteiger partial charge in [-0.2, -0.15) is 0 Å². The first-order valence-corrected chi connectivity index (χ1v) is 14.9. The van der Waals surface area contributed by atoms with Gasteiger partial charge in [0.2, 0.25) is 0 Å². The zero-order chi connectivity index (χ0) is 15.1. The smallest absolute Gasteiger partial charge is 0.316 e. The number of ether oxygens (including phenoxy) is 1. The van der Waals surface area contributed by atoms with Crippen molar-refractivity contribution in [2.45, 2.75) is 64.1 Å². The number of cyclic esters (lactones) is 1. The van der Waals surface area contributed by atoms with E-state index in [4.69, 9.17) is 4.74 Å². The molecule has 1 unspecified atom stereocenters. The van der Waals surface area contributed by atoms with Crippen molar-refractivity contribution in [2.75, 3.05) is 13.1 Å². The van der Waals surface area contributed by atoms with Gasteiger partial charge in [0.15, 0.2) is 5.88 Å². The Kier molecular flexibility index (Phi) is 4.22. The van der Waals surface area contributed by atoms with Gasteiger partial charge in [0.25, 0.3) is 0 Å². The van der Waals surface area contributed by atoms with Crippen molar-refractivity contribution < 1.29 is 9.53 Å². The van der Waals surface area contributed by atoms with Crippen LogP contribution in [0.15, 0.2) is 11.1 Å². The Morgan fingerprint density at radius 2 is 1.55 bits per heavy atom. The average molecular weight is 312 g/mol. The Morgan fingerprint density at radius 1 is 1.00 bits per heavy atom. The van der Waals surface area contributed by atoms with E-state index in [1.807, 2.05) is 0 Å². The van der Waals surface area contributed by atoms with Crippen LogP contribution in [0, 0.1) is 0 Å². The second-order valence-corrected chi connectivity index (χ2v) is 18.6. The van der Waals surface area contributed by atoms with Gasteiger partial charge < -0.3 is 9.64 Å². The first-order valence-electron chi connectivity index (χ1n) is 7.83. The summed E-state index contributed by atoms with van der Waals surface area (Å²) in [5.74, 6) is 0.989. The van der Waals surface area contributed by atoms with Gasteiger partial charge in [-0.25, -0.2) is 0 Å². The largest absolute Gasteiger partial charge is 0.410 e. The molecule has 0 aliphatic carbocycles. The summed E-state index contributed by atoms with van der Waals surface area (Å²) in [7, 11) is -3.15. The Labute approximate surface area is 125 Å². The van der Waals surface area contributed by atoms with E-state index in [9.17, 15) is 4.79 Å². The minimum atomic E-state index is -1.59. The summed E-state index contributed by atoms with van der Waals surface area (Å²) in [5.41, 5.74) is 0.0751. The maximum atomic E-state index is 12.5. The molecular weight excluding hydrogens is 282 g/mol. The highest BCUT2D eigenvalue weighted by Crippen LogP contribution is 2.45. The molecule has 2 aliphatic heterocycles. The molecule has 0 aromatic carbocycles. The van der Waals surface area contributed by atoms with Crippen molar-refractivity contribution in [2.24, 2.45) is 0 Å². The summed E-state index contributed by atoms with van der Waals surface area (Å²) in [5, 5.41) is 1.39. The fourth-order valence-electron chi connectivity index (χ4n) is 3.32. The third-order valence-corrected chi connectivity index (χ3v) is 8.93. The van der Waals surface area contributed by atoms with Gasteiger partial charge in [-0.15, -0.1) is 0 Å². The third kappa shape index (κ3) is 3.03. The molecule has 2 aliphatic rings. The molecule has 2 heterocycles. The van der Waals surface area contributed by atoms with Gasteiger partial charge in [-0.05, 0) is 24.5 Å². The van der Waals surface area contributed by atoms with Crippen LogP contribution in [0.5, 0.6) is 0 Å². The molecular formula is C15H29NO2Si2. The van der Waals surface area contributed by atoms with Crippen molar-refractivity contribution in [1.82, 2.24) is 4.90 Å². The highest BCUT2D eigenvalue weighted by molar-refractivity contribution is 6.90. The number of esters is 1. The van der Waals surface area contributed by atoms with Crippen LogP contribution in [-0.2, 0) is 9.53 Å². The molecule has 1 saturated heterocycles. The summed E-state index contributed by atoms with van der Waals surface area (Å²) >= 11 is 0. The van der Waals surface area contributed by atoms with Gasteiger partial charge in [0.05, 0.1) is 21.7 Å². The highest BCUT2D eigenvalue weighted by Gasteiger charge is 2.49. The predicted octanol–water partition coefficient (Wildman–Crippen LogP) is 3.83. The van der Waals surface area contributed by atoms with Gasteiger partial charge >= 0.3 is 5.97 Å². The molecule has 0 aromatic heterocycles. The van der Waals surface area contributed by atoms with Crippen LogP contribution in [0.25, 0.3) is 0 Å². The van der Waals surface area contributed by atoms with Crippen LogP contribution < -0.4 is 0 Å². The summed E-state index contributed by atoms with van der Waals surface area (Å²) in [6, 6.07) is 0. The third-order valence-electron chi connectivity index (χ3n) is 4.27.